The maximum atomic E-state index is 13.6. The molecule has 0 saturated heterocycles. The van der Waals surface area contributed by atoms with Gasteiger partial charge in [-0.3, -0.25) is 4.79 Å². The smallest absolute Gasteiger partial charge is 0.322 e. The number of methoxy groups -OCH3 is 1. The van der Waals surface area contributed by atoms with Gasteiger partial charge in [0.05, 0.1) is 13.2 Å². The topological polar surface area (TPSA) is 66.8 Å². The molecule has 7 heteroatoms. The van der Waals surface area contributed by atoms with Crippen LogP contribution >= 0.6 is 0 Å². The molecule has 2 rings (SSSR count). The summed E-state index contributed by atoms with van der Waals surface area (Å²) in [6, 6.07) is 9.82. The molecule has 35 heavy (non-hydrogen) atoms. The first-order valence-corrected chi connectivity index (χ1v) is 12.7. The van der Waals surface area contributed by atoms with Crippen molar-refractivity contribution in [3.63, 3.8) is 0 Å². The quantitative estimate of drug-likeness (QED) is 0.428. The molecule has 1 aromatic heterocycles. The van der Waals surface area contributed by atoms with Gasteiger partial charge in [0.1, 0.15) is 6.54 Å². The van der Waals surface area contributed by atoms with Crippen LogP contribution in [0, 0.1) is 0 Å². The number of carbonyl (C=O) groups excluding carboxylic acids is 2. The maximum Gasteiger partial charge on any atom is 0.322 e. The summed E-state index contributed by atoms with van der Waals surface area (Å²) in [5.41, 5.74) is 4.10. The number of para-hydroxylation sites is 1. The van der Waals surface area contributed by atoms with Gasteiger partial charge in [-0.05, 0) is 48.4 Å². The molecule has 0 aliphatic carbocycles. The maximum absolute atomic E-state index is 13.6. The summed E-state index contributed by atoms with van der Waals surface area (Å²) >= 11 is 0. The number of nitrogens with zero attached hydrogens (tertiary/aromatic N) is 3. The Morgan fingerprint density at radius 2 is 1.66 bits per heavy atom. The lowest BCUT2D eigenvalue weighted by atomic mass is 9.92. The molecular weight excluding hydrogens is 440 g/mol. The predicted molar refractivity (Wildman–Crippen MR) is 143 cm³/mol. The summed E-state index contributed by atoms with van der Waals surface area (Å²) in [6.45, 7) is 13.9. The molecular formula is C28H44N4O3. The molecule has 0 aliphatic rings. The van der Waals surface area contributed by atoms with Gasteiger partial charge in [0, 0.05) is 44.3 Å². The zero-order valence-electron chi connectivity index (χ0n) is 22.8. The number of urea groups is 1. The second-order valence-electron chi connectivity index (χ2n) is 9.85. The van der Waals surface area contributed by atoms with Crippen molar-refractivity contribution in [2.75, 3.05) is 32.1 Å². The third-order valence-corrected chi connectivity index (χ3v) is 6.62. The van der Waals surface area contributed by atoms with Crippen LogP contribution in [0.3, 0.4) is 0 Å². The Labute approximate surface area is 211 Å². The SMILES string of the molecule is CCC(C)N(CC(=O)N(CCOC)Cc1cccn1C)C(=O)Nc1c(C(C)C)cccc1C(C)C. The van der Waals surface area contributed by atoms with E-state index in [1.165, 1.54) is 0 Å². The molecule has 0 fully saturated rings. The van der Waals surface area contributed by atoms with Gasteiger partial charge in [-0.25, -0.2) is 4.79 Å². The first-order chi connectivity index (χ1) is 16.6. The molecule has 1 heterocycles. The average Bonchev–Trinajstić information content (AvgIpc) is 3.23. The lowest BCUT2D eigenvalue weighted by Crippen LogP contribution is -2.48. The van der Waals surface area contributed by atoms with Gasteiger partial charge in [0.2, 0.25) is 5.91 Å². The van der Waals surface area contributed by atoms with E-state index in [1.807, 2.05) is 49.9 Å². The second kappa shape index (κ2) is 13.3. The molecule has 7 nitrogen and oxygen atoms in total. The lowest BCUT2D eigenvalue weighted by molar-refractivity contribution is -0.133. The number of aromatic nitrogens is 1. The number of amides is 3. The van der Waals surface area contributed by atoms with Gasteiger partial charge in [-0.1, -0.05) is 52.8 Å². The molecule has 0 aliphatic heterocycles. The van der Waals surface area contributed by atoms with E-state index in [0.29, 0.717) is 19.7 Å². The molecule has 194 valence electrons. The van der Waals surface area contributed by atoms with Crippen molar-refractivity contribution in [1.29, 1.82) is 0 Å². The van der Waals surface area contributed by atoms with E-state index in [2.05, 4.69) is 45.1 Å². The molecule has 0 radical (unpaired) electrons. The minimum Gasteiger partial charge on any atom is -0.383 e. The largest absolute Gasteiger partial charge is 0.383 e. The average molecular weight is 485 g/mol. The van der Waals surface area contributed by atoms with Gasteiger partial charge >= 0.3 is 6.03 Å². The van der Waals surface area contributed by atoms with E-state index in [4.69, 9.17) is 4.74 Å². The highest BCUT2D eigenvalue weighted by Crippen LogP contribution is 2.32. The summed E-state index contributed by atoms with van der Waals surface area (Å²) in [5.74, 6) is 0.426. The molecule has 2 aromatic rings. The summed E-state index contributed by atoms with van der Waals surface area (Å²) in [4.78, 5) is 30.5. The van der Waals surface area contributed by atoms with Gasteiger partial charge in [0.15, 0.2) is 0 Å². The van der Waals surface area contributed by atoms with Gasteiger partial charge < -0.3 is 24.4 Å². The van der Waals surface area contributed by atoms with Gasteiger partial charge in [-0.2, -0.15) is 0 Å². The van der Waals surface area contributed by atoms with E-state index in [0.717, 1.165) is 28.9 Å². The molecule has 1 unspecified atom stereocenters. The fourth-order valence-corrected chi connectivity index (χ4v) is 4.12. The fourth-order valence-electron chi connectivity index (χ4n) is 4.12. The van der Waals surface area contributed by atoms with Crippen LogP contribution in [0.2, 0.25) is 0 Å². The first-order valence-electron chi connectivity index (χ1n) is 12.7. The fraction of sp³-hybridized carbons (Fsp3) is 0.571. The van der Waals surface area contributed by atoms with E-state index in [-0.39, 0.29) is 36.4 Å². The van der Waals surface area contributed by atoms with Crippen LogP contribution in [0.25, 0.3) is 0 Å². The summed E-state index contributed by atoms with van der Waals surface area (Å²) in [5, 5.41) is 3.19. The Hall–Kier alpha value is -2.80. The highest BCUT2D eigenvalue weighted by Gasteiger charge is 2.27. The number of hydrogen-bond donors (Lipinski definition) is 1. The van der Waals surface area contributed by atoms with Crippen LogP contribution in [0.1, 0.15) is 76.6 Å². The zero-order valence-corrected chi connectivity index (χ0v) is 22.8. The zero-order chi connectivity index (χ0) is 26.1. The minimum absolute atomic E-state index is 0.00976. The van der Waals surface area contributed by atoms with Crippen molar-refractivity contribution in [2.24, 2.45) is 7.05 Å². The predicted octanol–water partition coefficient (Wildman–Crippen LogP) is 5.58. The summed E-state index contributed by atoms with van der Waals surface area (Å²) in [7, 11) is 3.59. The van der Waals surface area contributed by atoms with Crippen molar-refractivity contribution in [1.82, 2.24) is 14.4 Å². The van der Waals surface area contributed by atoms with Crippen LogP contribution in [-0.2, 0) is 23.1 Å². The standard InChI is InChI=1S/C28H44N4O3/c1-9-22(6)32(19-26(33)31(16-17-35-8)18-23-12-11-15-30(23)7)28(34)29-27-24(20(2)3)13-10-14-25(27)21(4)5/h10-15,20-22H,9,16-19H2,1-8H3,(H,29,34). The number of rotatable bonds is 12. The highest BCUT2D eigenvalue weighted by atomic mass is 16.5. The van der Waals surface area contributed by atoms with Crippen molar-refractivity contribution in [2.45, 2.75) is 72.4 Å². The first kappa shape index (κ1) is 28.4. The highest BCUT2D eigenvalue weighted by molar-refractivity contribution is 5.94. The van der Waals surface area contributed by atoms with Crippen molar-refractivity contribution >= 4 is 17.6 Å². The van der Waals surface area contributed by atoms with E-state index in [1.54, 1.807) is 16.9 Å². The number of hydrogen-bond acceptors (Lipinski definition) is 3. The summed E-state index contributed by atoms with van der Waals surface area (Å²) in [6.07, 6.45) is 2.71. The number of benzene rings is 1. The Balaban J connectivity index is 2.30. The Kier molecular flexibility index (Phi) is 10.8. The molecule has 3 amide bonds. The normalized spacial score (nSPS) is 12.2. The number of anilines is 1. The van der Waals surface area contributed by atoms with Crippen LogP contribution < -0.4 is 5.32 Å². The number of aryl methyl sites for hydroxylation is 1. The summed E-state index contributed by atoms with van der Waals surface area (Å²) < 4.78 is 7.25. The molecule has 1 aromatic carbocycles. The van der Waals surface area contributed by atoms with E-state index in [9.17, 15) is 9.59 Å². The minimum atomic E-state index is -0.242. The van der Waals surface area contributed by atoms with Crippen molar-refractivity contribution in [3.05, 3.63) is 53.3 Å². The molecule has 0 saturated carbocycles. The number of carbonyl (C=O) groups is 2. The lowest BCUT2D eigenvalue weighted by Gasteiger charge is -2.32. The Morgan fingerprint density at radius 1 is 1.03 bits per heavy atom. The number of ether oxygens (including phenoxy) is 1. The van der Waals surface area contributed by atoms with Crippen LogP contribution in [0.4, 0.5) is 10.5 Å². The van der Waals surface area contributed by atoms with Gasteiger partial charge in [0.25, 0.3) is 0 Å². The molecule has 0 bridgehead atoms. The molecule has 1 atom stereocenters. The molecule has 0 spiro atoms. The van der Waals surface area contributed by atoms with E-state index >= 15 is 0 Å². The number of nitrogens with one attached hydrogen (secondary N) is 1. The van der Waals surface area contributed by atoms with E-state index < -0.39 is 0 Å². The Bertz CT molecular complexity index is 941. The van der Waals surface area contributed by atoms with Crippen LogP contribution in [0.15, 0.2) is 36.5 Å². The third-order valence-electron chi connectivity index (χ3n) is 6.62. The van der Waals surface area contributed by atoms with Crippen LogP contribution in [-0.4, -0.2) is 59.2 Å². The van der Waals surface area contributed by atoms with Gasteiger partial charge in [-0.15, -0.1) is 0 Å². The van der Waals surface area contributed by atoms with Crippen molar-refractivity contribution < 1.29 is 14.3 Å². The second-order valence-corrected chi connectivity index (χ2v) is 9.85. The molecule has 1 N–H and O–H groups in total. The third kappa shape index (κ3) is 7.59. The Morgan fingerprint density at radius 3 is 2.14 bits per heavy atom. The van der Waals surface area contributed by atoms with Crippen molar-refractivity contribution in [3.8, 4) is 0 Å². The van der Waals surface area contributed by atoms with Crippen LogP contribution in [0.5, 0.6) is 0 Å². The monoisotopic (exact) mass is 484 g/mol.